The Hall–Kier alpha value is -2.92. The van der Waals surface area contributed by atoms with Crippen molar-refractivity contribution in [3.05, 3.63) is 81.8 Å². The fraction of sp³-hybridized carbons (Fsp3) is 0.200. The van der Waals surface area contributed by atoms with Crippen LogP contribution in [0.5, 0.6) is 0 Å². The second-order valence-electron chi connectivity index (χ2n) is 6.42. The van der Waals surface area contributed by atoms with Crippen molar-refractivity contribution in [2.24, 2.45) is 0 Å². The van der Waals surface area contributed by atoms with Gasteiger partial charge in [-0.05, 0) is 31.5 Å². The molecule has 0 radical (unpaired) electrons. The summed E-state index contributed by atoms with van der Waals surface area (Å²) < 4.78 is 3.38. The summed E-state index contributed by atoms with van der Waals surface area (Å²) >= 11 is 0. The molecule has 126 valence electrons. The highest BCUT2D eigenvalue weighted by Crippen LogP contribution is 2.19. The normalized spacial score (nSPS) is 12.8. The van der Waals surface area contributed by atoms with Gasteiger partial charge in [0.25, 0.3) is 5.56 Å². The fourth-order valence-electron chi connectivity index (χ4n) is 3.19. The van der Waals surface area contributed by atoms with Crippen LogP contribution >= 0.6 is 0 Å². The van der Waals surface area contributed by atoms with Crippen molar-refractivity contribution in [1.82, 2.24) is 14.2 Å². The molecule has 0 spiro atoms. The van der Waals surface area contributed by atoms with Crippen LogP contribution in [0.25, 0.3) is 16.6 Å². The Labute approximate surface area is 144 Å². The van der Waals surface area contributed by atoms with Gasteiger partial charge in [0, 0.05) is 6.07 Å². The molecule has 1 unspecified atom stereocenters. The van der Waals surface area contributed by atoms with Crippen LogP contribution in [0.1, 0.15) is 22.9 Å². The monoisotopic (exact) mass is 333 g/mol. The van der Waals surface area contributed by atoms with E-state index in [2.05, 4.69) is 5.10 Å². The molecule has 0 fully saturated rings. The second kappa shape index (κ2) is 5.86. The number of hydrogen-bond acceptors (Lipinski definition) is 3. The van der Waals surface area contributed by atoms with Gasteiger partial charge in [-0.15, -0.1) is 0 Å². The van der Waals surface area contributed by atoms with E-state index in [9.17, 15) is 9.90 Å². The Morgan fingerprint density at radius 1 is 1.08 bits per heavy atom. The van der Waals surface area contributed by atoms with Crippen molar-refractivity contribution in [2.75, 3.05) is 0 Å². The van der Waals surface area contributed by atoms with Crippen LogP contribution in [0.15, 0.2) is 59.4 Å². The minimum atomic E-state index is -0.765. The number of aryl methyl sites for hydroxylation is 2. The Morgan fingerprint density at radius 2 is 1.80 bits per heavy atom. The van der Waals surface area contributed by atoms with Crippen molar-refractivity contribution in [3.63, 3.8) is 0 Å². The zero-order valence-corrected chi connectivity index (χ0v) is 14.2. The third kappa shape index (κ3) is 2.62. The summed E-state index contributed by atoms with van der Waals surface area (Å²) in [6, 6.07) is 17.0. The molecular weight excluding hydrogens is 314 g/mol. The summed E-state index contributed by atoms with van der Waals surface area (Å²) in [7, 11) is 0. The summed E-state index contributed by atoms with van der Waals surface area (Å²) in [5.41, 5.74) is 4.10. The standard InChI is InChI=1S/C20H19N3O2/c1-13-7-9-15(10-8-13)18(24)12-22-19-11-14(2)21-23(19)17-6-4-3-5-16(17)20(22)25/h3-11,18,24H,12H2,1-2H3. The number of benzene rings is 2. The Morgan fingerprint density at radius 3 is 2.56 bits per heavy atom. The summed E-state index contributed by atoms with van der Waals surface area (Å²) in [6.07, 6.45) is -0.765. The van der Waals surface area contributed by atoms with Gasteiger partial charge in [-0.2, -0.15) is 5.10 Å². The first-order chi connectivity index (χ1) is 12.0. The maximum absolute atomic E-state index is 13.0. The highest BCUT2D eigenvalue weighted by atomic mass is 16.3. The first-order valence-electron chi connectivity index (χ1n) is 8.27. The summed E-state index contributed by atoms with van der Waals surface area (Å²) in [5, 5.41) is 15.7. The van der Waals surface area contributed by atoms with E-state index in [1.807, 2.05) is 62.4 Å². The van der Waals surface area contributed by atoms with E-state index in [1.165, 1.54) is 0 Å². The van der Waals surface area contributed by atoms with Crippen LogP contribution in [0.4, 0.5) is 0 Å². The van der Waals surface area contributed by atoms with Crippen molar-refractivity contribution in [2.45, 2.75) is 26.5 Å². The average Bonchev–Trinajstić information content (AvgIpc) is 3.01. The zero-order valence-electron chi connectivity index (χ0n) is 14.2. The molecule has 2 aromatic heterocycles. The average molecular weight is 333 g/mol. The van der Waals surface area contributed by atoms with Crippen molar-refractivity contribution in [1.29, 1.82) is 0 Å². The number of aromatic nitrogens is 3. The lowest BCUT2D eigenvalue weighted by atomic mass is 10.1. The molecule has 25 heavy (non-hydrogen) atoms. The van der Waals surface area contributed by atoms with Gasteiger partial charge in [0.05, 0.1) is 29.2 Å². The zero-order chi connectivity index (χ0) is 17.6. The highest BCUT2D eigenvalue weighted by molar-refractivity contribution is 5.80. The summed E-state index contributed by atoms with van der Waals surface area (Å²) in [6.45, 7) is 4.08. The highest BCUT2D eigenvalue weighted by Gasteiger charge is 2.16. The molecule has 0 saturated heterocycles. The van der Waals surface area contributed by atoms with Gasteiger partial charge in [-0.3, -0.25) is 9.36 Å². The molecule has 0 bridgehead atoms. The number of hydrogen-bond donors (Lipinski definition) is 1. The number of aliphatic hydroxyl groups is 1. The lowest BCUT2D eigenvalue weighted by molar-refractivity contribution is 0.156. The molecule has 0 aliphatic carbocycles. The SMILES string of the molecule is Cc1ccc(C(O)Cn2c(=O)c3ccccc3n3nc(C)cc23)cc1. The van der Waals surface area contributed by atoms with Crippen LogP contribution in [0.3, 0.4) is 0 Å². The number of para-hydroxylation sites is 1. The minimum Gasteiger partial charge on any atom is -0.387 e. The van der Waals surface area contributed by atoms with E-state index in [0.29, 0.717) is 11.0 Å². The van der Waals surface area contributed by atoms with E-state index in [1.54, 1.807) is 15.1 Å². The second-order valence-corrected chi connectivity index (χ2v) is 6.42. The molecule has 0 saturated carbocycles. The molecule has 5 heteroatoms. The number of aliphatic hydroxyl groups excluding tert-OH is 1. The lowest BCUT2D eigenvalue weighted by Gasteiger charge is -2.15. The maximum Gasteiger partial charge on any atom is 0.261 e. The predicted octanol–water partition coefficient (Wildman–Crippen LogP) is 3.00. The van der Waals surface area contributed by atoms with Crippen LogP contribution in [0, 0.1) is 13.8 Å². The molecule has 1 N–H and O–H groups in total. The molecule has 4 aromatic rings. The van der Waals surface area contributed by atoms with Gasteiger partial charge in [0.1, 0.15) is 5.65 Å². The predicted molar refractivity (Wildman–Crippen MR) is 97.8 cm³/mol. The largest absolute Gasteiger partial charge is 0.387 e. The van der Waals surface area contributed by atoms with Gasteiger partial charge in [0.2, 0.25) is 0 Å². The van der Waals surface area contributed by atoms with Gasteiger partial charge in [-0.25, -0.2) is 4.52 Å². The first kappa shape index (κ1) is 15.6. The van der Waals surface area contributed by atoms with Gasteiger partial charge in [-0.1, -0.05) is 42.0 Å². The fourth-order valence-corrected chi connectivity index (χ4v) is 3.19. The Kier molecular flexibility index (Phi) is 3.66. The molecule has 0 aliphatic heterocycles. The quantitative estimate of drug-likeness (QED) is 0.627. The van der Waals surface area contributed by atoms with Crippen LogP contribution in [0.2, 0.25) is 0 Å². The van der Waals surface area contributed by atoms with E-state index < -0.39 is 6.10 Å². The van der Waals surface area contributed by atoms with Crippen LogP contribution in [-0.2, 0) is 6.54 Å². The molecule has 0 aliphatic rings. The minimum absolute atomic E-state index is 0.117. The molecular formula is C20H19N3O2. The smallest absolute Gasteiger partial charge is 0.261 e. The van der Waals surface area contributed by atoms with E-state index in [4.69, 9.17) is 0 Å². The van der Waals surface area contributed by atoms with Gasteiger partial charge >= 0.3 is 0 Å². The Bertz CT molecular complexity index is 1120. The number of nitrogens with zero attached hydrogens (tertiary/aromatic N) is 3. The van der Waals surface area contributed by atoms with E-state index in [0.717, 1.165) is 22.3 Å². The van der Waals surface area contributed by atoms with Crippen molar-refractivity contribution < 1.29 is 5.11 Å². The lowest BCUT2D eigenvalue weighted by Crippen LogP contribution is -2.25. The number of rotatable bonds is 3. The Balaban J connectivity index is 1.89. The summed E-state index contributed by atoms with van der Waals surface area (Å²) in [4.78, 5) is 13.0. The topological polar surface area (TPSA) is 59.5 Å². The maximum atomic E-state index is 13.0. The number of fused-ring (bicyclic) bond motifs is 3. The van der Waals surface area contributed by atoms with E-state index in [-0.39, 0.29) is 12.1 Å². The van der Waals surface area contributed by atoms with Crippen molar-refractivity contribution in [3.8, 4) is 0 Å². The van der Waals surface area contributed by atoms with Crippen LogP contribution < -0.4 is 5.56 Å². The third-order valence-electron chi connectivity index (χ3n) is 4.51. The molecule has 1 atom stereocenters. The molecule has 4 rings (SSSR count). The van der Waals surface area contributed by atoms with Crippen molar-refractivity contribution >= 4 is 16.6 Å². The van der Waals surface area contributed by atoms with Gasteiger partial charge < -0.3 is 5.11 Å². The molecule has 2 aromatic carbocycles. The molecule has 5 nitrogen and oxygen atoms in total. The van der Waals surface area contributed by atoms with E-state index >= 15 is 0 Å². The first-order valence-corrected chi connectivity index (χ1v) is 8.27. The molecule has 2 heterocycles. The molecule has 0 amide bonds. The van der Waals surface area contributed by atoms with Gasteiger partial charge in [0.15, 0.2) is 0 Å². The van der Waals surface area contributed by atoms with Crippen LogP contribution in [-0.4, -0.2) is 19.3 Å². The summed E-state index contributed by atoms with van der Waals surface area (Å²) in [5.74, 6) is 0. The third-order valence-corrected chi connectivity index (χ3v) is 4.51.